The first-order chi connectivity index (χ1) is 15.7. The Bertz CT molecular complexity index is 1690. The van der Waals surface area contributed by atoms with Gasteiger partial charge in [-0.1, -0.05) is 74.5 Å². The van der Waals surface area contributed by atoms with E-state index in [9.17, 15) is 0 Å². The Morgan fingerprint density at radius 1 is 0.625 bits per heavy atom. The van der Waals surface area contributed by atoms with Gasteiger partial charge in [0.1, 0.15) is 0 Å². The second-order valence-electron chi connectivity index (χ2n) is 9.11. The molecule has 152 valence electrons. The van der Waals surface area contributed by atoms with Crippen LogP contribution >= 0.6 is 0 Å². The third-order valence-electron chi connectivity index (χ3n) is 7.13. The minimum absolute atomic E-state index is 0.000944. The van der Waals surface area contributed by atoms with Crippen LogP contribution in [-0.4, -0.2) is 14.5 Å². The van der Waals surface area contributed by atoms with Crippen LogP contribution in [0.15, 0.2) is 91.3 Å². The molecule has 0 aliphatic heterocycles. The van der Waals surface area contributed by atoms with E-state index in [4.69, 9.17) is 0 Å². The first-order valence-corrected chi connectivity index (χ1v) is 11.0. The Kier molecular flexibility index (Phi) is 3.34. The van der Waals surface area contributed by atoms with Crippen LogP contribution in [0.1, 0.15) is 25.0 Å². The molecule has 1 aliphatic carbocycles. The Labute approximate surface area is 186 Å². The highest BCUT2D eigenvalue weighted by molar-refractivity contribution is 6.23. The molecule has 0 fully saturated rings. The third kappa shape index (κ3) is 2.10. The Morgan fingerprint density at radius 2 is 1.38 bits per heavy atom. The van der Waals surface area contributed by atoms with Crippen molar-refractivity contribution in [3.8, 4) is 17.1 Å². The minimum Gasteiger partial charge on any atom is -0.278 e. The van der Waals surface area contributed by atoms with Crippen LogP contribution in [0.4, 0.5) is 0 Å². The normalized spacial score (nSPS) is 14.2. The van der Waals surface area contributed by atoms with Crippen molar-refractivity contribution in [2.75, 3.05) is 0 Å². The SMILES string of the molecule is CC1(C)c2ccccc2-c2c1ccc1c2ccc2c1c1ccccc1n2-c1ncccn1. The average Bonchev–Trinajstić information content (AvgIpc) is 3.29. The average molecular weight is 412 g/mol. The molecule has 0 unspecified atom stereocenters. The molecule has 0 bridgehead atoms. The maximum absolute atomic E-state index is 4.56. The molecule has 0 amide bonds. The molecule has 3 nitrogen and oxygen atoms in total. The van der Waals surface area contributed by atoms with Gasteiger partial charge in [0.15, 0.2) is 0 Å². The van der Waals surface area contributed by atoms with Crippen LogP contribution < -0.4 is 0 Å². The monoisotopic (exact) mass is 411 g/mol. The van der Waals surface area contributed by atoms with Crippen LogP contribution in [-0.2, 0) is 5.41 Å². The summed E-state index contributed by atoms with van der Waals surface area (Å²) in [7, 11) is 0. The Hall–Kier alpha value is -3.98. The molecule has 2 heterocycles. The molecule has 2 aromatic heterocycles. The number of para-hydroxylation sites is 1. The Balaban J connectivity index is 1.67. The van der Waals surface area contributed by atoms with Crippen molar-refractivity contribution in [2.24, 2.45) is 0 Å². The minimum atomic E-state index is 0.000944. The van der Waals surface area contributed by atoms with Crippen LogP contribution in [0.2, 0.25) is 0 Å². The maximum atomic E-state index is 4.56. The molecule has 4 aromatic carbocycles. The van der Waals surface area contributed by atoms with Gasteiger partial charge in [-0.05, 0) is 51.2 Å². The number of rotatable bonds is 1. The van der Waals surface area contributed by atoms with Crippen LogP contribution in [0, 0.1) is 0 Å². The predicted molar refractivity (Wildman–Crippen MR) is 131 cm³/mol. The number of benzene rings is 4. The van der Waals surface area contributed by atoms with E-state index in [1.807, 2.05) is 6.07 Å². The van der Waals surface area contributed by atoms with Crippen molar-refractivity contribution in [3.63, 3.8) is 0 Å². The summed E-state index contributed by atoms with van der Waals surface area (Å²) < 4.78 is 2.18. The zero-order valence-electron chi connectivity index (χ0n) is 18.0. The quantitative estimate of drug-likeness (QED) is 0.291. The van der Waals surface area contributed by atoms with Gasteiger partial charge in [0.05, 0.1) is 11.0 Å². The maximum Gasteiger partial charge on any atom is 0.234 e. The first kappa shape index (κ1) is 17.7. The number of aromatic nitrogens is 3. The molecule has 1 aliphatic rings. The number of hydrogen-bond acceptors (Lipinski definition) is 2. The summed E-state index contributed by atoms with van der Waals surface area (Å²) in [5.74, 6) is 0.700. The summed E-state index contributed by atoms with van der Waals surface area (Å²) in [5.41, 5.74) is 7.80. The molecule has 7 rings (SSSR count). The molecule has 0 radical (unpaired) electrons. The van der Waals surface area contributed by atoms with Gasteiger partial charge in [0.25, 0.3) is 0 Å². The topological polar surface area (TPSA) is 30.7 Å². The van der Waals surface area contributed by atoms with Gasteiger partial charge < -0.3 is 0 Å². The Morgan fingerprint density at radius 3 is 2.25 bits per heavy atom. The van der Waals surface area contributed by atoms with Gasteiger partial charge in [0, 0.05) is 28.6 Å². The van der Waals surface area contributed by atoms with E-state index in [0.717, 1.165) is 11.0 Å². The van der Waals surface area contributed by atoms with Crippen molar-refractivity contribution in [1.29, 1.82) is 0 Å². The molecule has 3 heteroatoms. The van der Waals surface area contributed by atoms with Crippen molar-refractivity contribution < 1.29 is 0 Å². The van der Waals surface area contributed by atoms with E-state index >= 15 is 0 Å². The van der Waals surface area contributed by atoms with Crippen molar-refractivity contribution in [1.82, 2.24) is 14.5 Å². The summed E-state index contributed by atoms with van der Waals surface area (Å²) in [6, 6.07) is 28.4. The molecule has 0 saturated carbocycles. The van der Waals surface area contributed by atoms with Gasteiger partial charge in [-0.3, -0.25) is 4.57 Å². The second kappa shape index (κ2) is 6.04. The molecule has 6 aromatic rings. The lowest BCUT2D eigenvalue weighted by Gasteiger charge is -2.21. The highest BCUT2D eigenvalue weighted by atomic mass is 15.1. The molecule has 0 atom stereocenters. The fourth-order valence-corrected chi connectivity index (χ4v) is 5.70. The summed E-state index contributed by atoms with van der Waals surface area (Å²) in [6.45, 7) is 4.67. The molecule has 0 spiro atoms. The highest BCUT2D eigenvalue weighted by Crippen LogP contribution is 2.52. The summed E-state index contributed by atoms with van der Waals surface area (Å²) in [6.07, 6.45) is 3.60. The third-order valence-corrected chi connectivity index (χ3v) is 7.13. The second-order valence-corrected chi connectivity index (χ2v) is 9.11. The summed E-state index contributed by atoms with van der Waals surface area (Å²) >= 11 is 0. The lowest BCUT2D eigenvalue weighted by molar-refractivity contribution is 0.661. The zero-order chi connectivity index (χ0) is 21.4. The fraction of sp³-hybridized carbons (Fsp3) is 0.103. The number of nitrogens with zero attached hydrogens (tertiary/aromatic N) is 3. The van der Waals surface area contributed by atoms with E-state index in [1.54, 1.807) is 12.4 Å². The lowest BCUT2D eigenvalue weighted by Crippen LogP contribution is -2.14. The highest BCUT2D eigenvalue weighted by Gasteiger charge is 2.36. The van der Waals surface area contributed by atoms with Gasteiger partial charge >= 0.3 is 0 Å². The van der Waals surface area contributed by atoms with Gasteiger partial charge in [-0.25, -0.2) is 9.97 Å². The number of hydrogen-bond donors (Lipinski definition) is 0. The fourth-order valence-electron chi connectivity index (χ4n) is 5.70. The summed E-state index contributed by atoms with van der Waals surface area (Å²) in [5, 5.41) is 5.08. The smallest absolute Gasteiger partial charge is 0.234 e. The van der Waals surface area contributed by atoms with Crippen LogP contribution in [0.25, 0.3) is 49.7 Å². The van der Waals surface area contributed by atoms with E-state index in [1.165, 1.54) is 43.8 Å². The van der Waals surface area contributed by atoms with E-state index in [-0.39, 0.29) is 5.41 Å². The van der Waals surface area contributed by atoms with E-state index < -0.39 is 0 Å². The van der Waals surface area contributed by atoms with Crippen molar-refractivity contribution in [3.05, 3.63) is 102 Å². The standard InChI is InChI=1S/C29H21N3/c1-29(2)22-10-5-3-8-20(22)26-18-13-15-25-27(19(18)12-14-23(26)29)21-9-4-6-11-24(21)32(25)28-30-16-7-17-31-28/h3-17H,1-2H3. The van der Waals surface area contributed by atoms with Gasteiger partial charge in [-0.15, -0.1) is 0 Å². The van der Waals surface area contributed by atoms with E-state index in [0.29, 0.717) is 5.95 Å². The molecule has 0 N–H and O–H groups in total. The number of fused-ring (bicyclic) bond motifs is 9. The van der Waals surface area contributed by atoms with E-state index in [2.05, 4.69) is 101 Å². The molecular weight excluding hydrogens is 390 g/mol. The summed E-state index contributed by atoms with van der Waals surface area (Å²) in [4.78, 5) is 9.12. The van der Waals surface area contributed by atoms with Crippen LogP contribution in [0.3, 0.4) is 0 Å². The van der Waals surface area contributed by atoms with Gasteiger partial charge in [0.2, 0.25) is 5.95 Å². The van der Waals surface area contributed by atoms with Crippen molar-refractivity contribution >= 4 is 32.6 Å². The first-order valence-electron chi connectivity index (χ1n) is 11.0. The molecule has 32 heavy (non-hydrogen) atoms. The van der Waals surface area contributed by atoms with Gasteiger partial charge in [-0.2, -0.15) is 0 Å². The zero-order valence-corrected chi connectivity index (χ0v) is 18.0. The van der Waals surface area contributed by atoms with Crippen molar-refractivity contribution in [2.45, 2.75) is 19.3 Å². The molecule has 0 saturated heterocycles. The largest absolute Gasteiger partial charge is 0.278 e. The molecular formula is C29H21N3. The predicted octanol–water partition coefficient (Wildman–Crippen LogP) is 7.03. The lowest BCUT2D eigenvalue weighted by atomic mass is 9.82. The van der Waals surface area contributed by atoms with Crippen LogP contribution in [0.5, 0.6) is 0 Å².